The third-order valence-electron chi connectivity index (χ3n) is 3.46. The van der Waals surface area contributed by atoms with Crippen LogP contribution >= 0.6 is 0 Å². The van der Waals surface area contributed by atoms with Crippen LogP contribution < -0.4 is 5.32 Å². The smallest absolute Gasteiger partial charge is 0.00638 e. The van der Waals surface area contributed by atoms with Gasteiger partial charge in [0.15, 0.2) is 0 Å². The lowest BCUT2D eigenvalue weighted by Gasteiger charge is -2.31. The summed E-state index contributed by atoms with van der Waals surface area (Å²) in [5, 5.41) is 3.42. The van der Waals surface area contributed by atoms with E-state index in [0.29, 0.717) is 0 Å². The zero-order chi connectivity index (χ0) is 10.4. The summed E-state index contributed by atoms with van der Waals surface area (Å²) in [6, 6.07) is 0.759. The van der Waals surface area contributed by atoms with Crippen molar-refractivity contribution >= 4 is 0 Å². The topological polar surface area (TPSA) is 15.3 Å². The van der Waals surface area contributed by atoms with E-state index >= 15 is 0 Å². The summed E-state index contributed by atoms with van der Waals surface area (Å²) in [4.78, 5) is 2.54. The van der Waals surface area contributed by atoms with E-state index in [4.69, 9.17) is 0 Å². The second-order valence-corrected chi connectivity index (χ2v) is 4.77. The molecule has 1 N–H and O–H groups in total. The lowest BCUT2D eigenvalue weighted by Crippen LogP contribution is -2.38. The Bertz CT molecular complexity index is 141. The molecule has 1 heterocycles. The van der Waals surface area contributed by atoms with Gasteiger partial charge in [-0.1, -0.05) is 13.3 Å². The zero-order valence-corrected chi connectivity index (χ0v) is 10.1. The molecule has 1 atom stereocenters. The van der Waals surface area contributed by atoms with Gasteiger partial charge >= 0.3 is 0 Å². The van der Waals surface area contributed by atoms with E-state index in [-0.39, 0.29) is 0 Å². The molecule has 0 aromatic heterocycles. The first-order valence-corrected chi connectivity index (χ1v) is 6.15. The van der Waals surface area contributed by atoms with E-state index in [0.717, 1.165) is 12.0 Å². The first-order chi connectivity index (χ1) is 6.74. The summed E-state index contributed by atoms with van der Waals surface area (Å²) in [5.74, 6) is 0.931. The molecule has 1 fully saturated rings. The maximum absolute atomic E-state index is 3.42. The van der Waals surface area contributed by atoms with Gasteiger partial charge in [0.25, 0.3) is 0 Å². The number of piperidine rings is 1. The summed E-state index contributed by atoms with van der Waals surface area (Å²) in [5.41, 5.74) is 0. The van der Waals surface area contributed by atoms with Crippen LogP contribution in [0.2, 0.25) is 0 Å². The summed E-state index contributed by atoms with van der Waals surface area (Å²) < 4.78 is 0. The Morgan fingerprint density at radius 2 is 2.00 bits per heavy atom. The molecule has 1 rings (SSSR count). The number of hydrogen-bond donors (Lipinski definition) is 1. The number of rotatable bonds is 5. The van der Waals surface area contributed by atoms with Gasteiger partial charge in [-0.2, -0.15) is 0 Å². The Hall–Kier alpha value is -0.0800. The zero-order valence-electron chi connectivity index (χ0n) is 10.1. The summed E-state index contributed by atoms with van der Waals surface area (Å²) in [6.45, 7) is 8.36. The molecular formula is C12H26N2. The van der Waals surface area contributed by atoms with Crippen molar-refractivity contribution < 1.29 is 0 Å². The van der Waals surface area contributed by atoms with Gasteiger partial charge in [0.1, 0.15) is 0 Å². The van der Waals surface area contributed by atoms with Gasteiger partial charge in [-0.3, -0.25) is 0 Å². The molecule has 1 aliphatic heterocycles. The molecule has 0 bridgehead atoms. The molecule has 1 saturated heterocycles. The summed E-state index contributed by atoms with van der Waals surface area (Å²) in [7, 11) is 2.28. The molecule has 14 heavy (non-hydrogen) atoms. The van der Waals surface area contributed by atoms with Crippen LogP contribution in [0.15, 0.2) is 0 Å². The van der Waals surface area contributed by atoms with Gasteiger partial charge in [-0.25, -0.2) is 0 Å². The standard InChI is InChI=1S/C12H26N2/c1-4-5-11(2)14(3)10-12-6-8-13-9-7-12/h11-13H,4-10H2,1-3H3. The molecule has 1 aliphatic rings. The normalized spacial score (nSPS) is 21.4. The predicted molar refractivity (Wildman–Crippen MR) is 62.6 cm³/mol. The monoisotopic (exact) mass is 198 g/mol. The molecule has 0 radical (unpaired) electrons. The number of nitrogens with zero attached hydrogens (tertiary/aromatic N) is 1. The highest BCUT2D eigenvalue weighted by Gasteiger charge is 2.17. The molecule has 0 spiro atoms. The van der Waals surface area contributed by atoms with Crippen molar-refractivity contribution in [2.24, 2.45) is 5.92 Å². The van der Waals surface area contributed by atoms with Crippen molar-refractivity contribution in [2.45, 2.75) is 45.6 Å². The predicted octanol–water partition coefficient (Wildman–Crippen LogP) is 2.11. The van der Waals surface area contributed by atoms with Crippen molar-refractivity contribution in [1.29, 1.82) is 0 Å². The largest absolute Gasteiger partial charge is 0.317 e. The quantitative estimate of drug-likeness (QED) is 0.728. The molecule has 2 nitrogen and oxygen atoms in total. The number of nitrogens with one attached hydrogen (secondary N) is 1. The molecule has 0 aliphatic carbocycles. The maximum Gasteiger partial charge on any atom is 0.00638 e. The average Bonchev–Trinajstić information content (AvgIpc) is 2.19. The Labute approximate surface area is 89.1 Å². The van der Waals surface area contributed by atoms with Gasteiger partial charge < -0.3 is 10.2 Å². The fourth-order valence-electron chi connectivity index (χ4n) is 2.29. The first-order valence-electron chi connectivity index (χ1n) is 6.15. The Balaban J connectivity index is 2.20. The summed E-state index contributed by atoms with van der Waals surface area (Å²) in [6.07, 6.45) is 5.37. The average molecular weight is 198 g/mol. The second-order valence-electron chi connectivity index (χ2n) is 4.77. The van der Waals surface area contributed by atoms with E-state index in [2.05, 4.69) is 31.1 Å². The highest BCUT2D eigenvalue weighted by atomic mass is 15.1. The van der Waals surface area contributed by atoms with Crippen molar-refractivity contribution in [3.63, 3.8) is 0 Å². The Kier molecular flexibility index (Phi) is 5.49. The van der Waals surface area contributed by atoms with Crippen molar-refractivity contribution in [3.05, 3.63) is 0 Å². The maximum atomic E-state index is 3.42. The third-order valence-corrected chi connectivity index (χ3v) is 3.46. The molecule has 0 aromatic carbocycles. The van der Waals surface area contributed by atoms with Crippen LogP contribution in [0.3, 0.4) is 0 Å². The highest BCUT2D eigenvalue weighted by molar-refractivity contribution is 4.73. The van der Waals surface area contributed by atoms with Crippen molar-refractivity contribution in [2.75, 3.05) is 26.7 Å². The van der Waals surface area contributed by atoms with E-state index < -0.39 is 0 Å². The van der Waals surface area contributed by atoms with Gasteiger partial charge in [0.05, 0.1) is 0 Å². The Morgan fingerprint density at radius 3 is 2.57 bits per heavy atom. The molecule has 0 aromatic rings. The van der Waals surface area contributed by atoms with Crippen LogP contribution in [0.4, 0.5) is 0 Å². The summed E-state index contributed by atoms with van der Waals surface area (Å²) >= 11 is 0. The lowest BCUT2D eigenvalue weighted by atomic mass is 9.97. The molecule has 0 amide bonds. The minimum absolute atomic E-state index is 0.759. The van der Waals surface area contributed by atoms with Crippen LogP contribution in [-0.4, -0.2) is 37.6 Å². The fourth-order valence-corrected chi connectivity index (χ4v) is 2.29. The van der Waals surface area contributed by atoms with E-state index in [1.807, 2.05) is 0 Å². The van der Waals surface area contributed by atoms with Gasteiger partial charge in [0, 0.05) is 12.6 Å². The second kappa shape index (κ2) is 6.41. The Morgan fingerprint density at radius 1 is 1.36 bits per heavy atom. The van der Waals surface area contributed by atoms with Gasteiger partial charge in [-0.15, -0.1) is 0 Å². The SMILES string of the molecule is CCCC(C)N(C)CC1CCNCC1. The number of hydrogen-bond acceptors (Lipinski definition) is 2. The van der Waals surface area contributed by atoms with Crippen LogP contribution in [0.5, 0.6) is 0 Å². The minimum Gasteiger partial charge on any atom is -0.317 e. The first kappa shape index (κ1) is 12.0. The van der Waals surface area contributed by atoms with Gasteiger partial charge in [0.2, 0.25) is 0 Å². The third kappa shape index (κ3) is 3.97. The molecule has 2 heteroatoms. The van der Waals surface area contributed by atoms with Crippen LogP contribution in [0.25, 0.3) is 0 Å². The molecule has 1 unspecified atom stereocenters. The van der Waals surface area contributed by atoms with Gasteiger partial charge in [-0.05, 0) is 52.2 Å². The lowest BCUT2D eigenvalue weighted by molar-refractivity contribution is 0.188. The van der Waals surface area contributed by atoms with Crippen LogP contribution in [0.1, 0.15) is 39.5 Å². The van der Waals surface area contributed by atoms with E-state index in [1.165, 1.54) is 45.3 Å². The van der Waals surface area contributed by atoms with Crippen molar-refractivity contribution in [3.8, 4) is 0 Å². The molecule has 0 saturated carbocycles. The van der Waals surface area contributed by atoms with E-state index in [9.17, 15) is 0 Å². The van der Waals surface area contributed by atoms with Crippen LogP contribution in [-0.2, 0) is 0 Å². The fraction of sp³-hybridized carbons (Fsp3) is 1.00. The molecular weight excluding hydrogens is 172 g/mol. The molecule has 84 valence electrons. The van der Waals surface area contributed by atoms with Crippen molar-refractivity contribution in [1.82, 2.24) is 10.2 Å². The minimum atomic E-state index is 0.759. The van der Waals surface area contributed by atoms with E-state index in [1.54, 1.807) is 0 Å². The highest BCUT2D eigenvalue weighted by Crippen LogP contribution is 2.15. The van der Waals surface area contributed by atoms with Crippen LogP contribution in [0, 0.1) is 5.92 Å².